The summed E-state index contributed by atoms with van der Waals surface area (Å²) in [5.41, 5.74) is 0.825. The van der Waals surface area contributed by atoms with Crippen molar-refractivity contribution >= 4 is 10.9 Å². The minimum absolute atomic E-state index is 0.249. The first-order valence-corrected chi connectivity index (χ1v) is 6.33. The molecule has 0 amide bonds. The summed E-state index contributed by atoms with van der Waals surface area (Å²) in [6.45, 7) is 4.32. The smallest absolute Gasteiger partial charge is 0.145 e. The zero-order chi connectivity index (χ0) is 13.7. The molecule has 19 heavy (non-hydrogen) atoms. The van der Waals surface area contributed by atoms with Gasteiger partial charge in [0.15, 0.2) is 0 Å². The van der Waals surface area contributed by atoms with Crippen LogP contribution in [-0.2, 0) is 0 Å². The number of rotatable bonds is 5. The van der Waals surface area contributed by atoms with Gasteiger partial charge in [-0.15, -0.1) is 0 Å². The summed E-state index contributed by atoms with van der Waals surface area (Å²) in [5, 5.41) is 13.2. The number of para-hydroxylation sites is 1. The molecule has 1 atom stereocenters. The van der Waals surface area contributed by atoms with E-state index in [4.69, 9.17) is 10.00 Å². The highest BCUT2D eigenvalue weighted by Gasteiger charge is 2.10. The highest BCUT2D eigenvalue weighted by molar-refractivity contribution is 5.84. The molecular weight excluding hydrogens is 238 g/mol. The third kappa shape index (κ3) is 3.43. The van der Waals surface area contributed by atoms with E-state index in [1.54, 1.807) is 6.20 Å². The average Bonchev–Trinajstić information content (AvgIpc) is 2.43. The van der Waals surface area contributed by atoms with E-state index in [0.29, 0.717) is 12.4 Å². The Morgan fingerprint density at radius 1 is 1.32 bits per heavy atom. The van der Waals surface area contributed by atoms with Gasteiger partial charge in [0.25, 0.3) is 0 Å². The molecule has 0 aliphatic carbocycles. The van der Waals surface area contributed by atoms with Gasteiger partial charge in [0, 0.05) is 17.6 Å². The average molecular weight is 255 g/mol. The van der Waals surface area contributed by atoms with Crippen LogP contribution in [0.25, 0.3) is 10.9 Å². The Morgan fingerprint density at radius 3 is 2.84 bits per heavy atom. The van der Waals surface area contributed by atoms with Crippen LogP contribution in [0.5, 0.6) is 5.75 Å². The quantitative estimate of drug-likeness (QED) is 0.891. The molecule has 1 aromatic heterocycles. The predicted octanol–water partition coefficient (Wildman–Crippen LogP) is 2.50. The van der Waals surface area contributed by atoms with Crippen molar-refractivity contribution in [3.8, 4) is 11.8 Å². The van der Waals surface area contributed by atoms with E-state index in [0.717, 1.165) is 10.9 Å². The zero-order valence-corrected chi connectivity index (χ0v) is 11.1. The van der Waals surface area contributed by atoms with Crippen molar-refractivity contribution in [3.63, 3.8) is 0 Å². The van der Waals surface area contributed by atoms with Gasteiger partial charge in [0.05, 0.1) is 6.07 Å². The molecule has 0 spiro atoms. The van der Waals surface area contributed by atoms with E-state index in [-0.39, 0.29) is 12.1 Å². The van der Waals surface area contributed by atoms with Crippen LogP contribution in [0.4, 0.5) is 0 Å². The first-order valence-electron chi connectivity index (χ1n) is 6.33. The molecule has 0 saturated carbocycles. The fourth-order valence-electron chi connectivity index (χ4n) is 1.89. The van der Waals surface area contributed by atoms with Crippen LogP contribution < -0.4 is 10.1 Å². The first-order chi connectivity index (χ1) is 9.20. The maximum atomic E-state index is 9.06. The predicted molar refractivity (Wildman–Crippen MR) is 74.9 cm³/mol. The lowest BCUT2D eigenvalue weighted by molar-refractivity contribution is 0.285. The van der Waals surface area contributed by atoms with E-state index in [9.17, 15) is 0 Å². The number of nitrogens with one attached hydrogen (secondary N) is 1. The van der Waals surface area contributed by atoms with Crippen LogP contribution in [0.1, 0.15) is 13.8 Å². The fraction of sp³-hybridized carbons (Fsp3) is 0.333. The normalized spacial score (nSPS) is 12.3. The number of fused-ring (bicyclic) bond motifs is 1. The Labute approximate surface area is 113 Å². The van der Waals surface area contributed by atoms with Gasteiger partial charge in [-0.1, -0.05) is 18.2 Å². The third-order valence-electron chi connectivity index (χ3n) is 2.69. The summed E-state index contributed by atoms with van der Waals surface area (Å²) in [4.78, 5) is 4.32. The standard InChI is InChI=1S/C15H17N3O/c1-11(2)18-13(9-16)10-19-14-7-3-5-12-6-4-8-17-15(12)14/h3-8,11,13,18H,10H2,1-2H3. The Bertz CT molecular complexity index is 584. The van der Waals surface area contributed by atoms with Crippen LogP contribution in [0, 0.1) is 11.3 Å². The molecule has 0 fully saturated rings. The summed E-state index contributed by atoms with van der Waals surface area (Å²) in [6, 6.07) is 11.8. The van der Waals surface area contributed by atoms with Gasteiger partial charge in [-0.3, -0.25) is 10.3 Å². The molecule has 2 rings (SSSR count). The van der Waals surface area contributed by atoms with E-state index in [1.807, 2.05) is 44.2 Å². The van der Waals surface area contributed by atoms with Crippen LogP contribution >= 0.6 is 0 Å². The largest absolute Gasteiger partial charge is 0.489 e. The highest BCUT2D eigenvalue weighted by atomic mass is 16.5. The molecule has 0 aliphatic rings. The molecule has 0 aliphatic heterocycles. The van der Waals surface area contributed by atoms with E-state index in [2.05, 4.69) is 16.4 Å². The molecule has 2 aromatic rings. The first kappa shape index (κ1) is 13.3. The number of benzene rings is 1. The summed E-state index contributed by atoms with van der Waals surface area (Å²) >= 11 is 0. The molecule has 0 bridgehead atoms. The van der Waals surface area contributed by atoms with Gasteiger partial charge >= 0.3 is 0 Å². The van der Waals surface area contributed by atoms with Crippen molar-refractivity contribution in [2.75, 3.05) is 6.61 Å². The monoisotopic (exact) mass is 255 g/mol. The number of pyridine rings is 1. The van der Waals surface area contributed by atoms with Gasteiger partial charge in [0.2, 0.25) is 0 Å². The van der Waals surface area contributed by atoms with Crippen LogP contribution in [-0.4, -0.2) is 23.7 Å². The van der Waals surface area contributed by atoms with Gasteiger partial charge in [-0.05, 0) is 26.0 Å². The van der Waals surface area contributed by atoms with E-state index >= 15 is 0 Å². The number of nitrogens with zero attached hydrogens (tertiary/aromatic N) is 2. The van der Waals surface area contributed by atoms with E-state index < -0.39 is 0 Å². The van der Waals surface area contributed by atoms with Crippen LogP contribution in [0.15, 0.2) is 36.5 Å². The number of nitriles is 1. The SMILES string of the molecule is CC(C)NC(C#N)COc1cccc2cccnc12. The van der Waals surface area contributed by atoms with Crippen molar-refractivity contribution in [2.45, 2.75) is 25.9 Å². The Balaban J connectivity index is 2.11. The number of hydrogen-bond donors (Lipinski definition) is 1. The molecular formula is C15H17N3O. The molecule has 4 nitrogen and oxygen atoms in total. The minimum atomic E-state index is -0.320. The van der Waals surface area contributed by atoms with Gasteiger partial charge < -0.3 is 4.74 Å². The second-order valence-corrected chi connectivity index (χ2v) is 4.65. The molecule has 1 unspecified atom stereocenters. The van der Waals surface area contributed by atoms with Gasteiger partial charge in [-0.25, -0.2) is 0 Å². The number of aromatic nitrogens is 1. The van der Waals surface area contributed by atoms with Crippen molar-refractivity contribution in [3.05, 3.63) is 36.5 Å². The molecule has 1 aromatic carbocycles. The molecule has 0 saturated heterocycles. The number of ether oxygens (including phenoxy) is 1. The fourth-order valence-corrected chi connectivity index (χ4v) is 1.89. The van der Waals surface area contributed by atoms with Crippen molar-refractivity contribution in [1.29, 1.82) is 5.26 Å². The topological polar surface area (TPSA) is 57.9 Å². The zero-order valence-electron chi connectivity index (χ0n) is 11.1. The second kappa shape index (κ2) is 6.17. The third-order valence-corrected chi connectivity index (χ3v) is 2.69. The maximum absolute atomic E-state index is 9.06. The van der Waals surface area contributed by atoms with Crippen LogP contribution in [0.3, 0.4) is 0 Å². The van der Waals surface area contributed by atoms with E-state index in [1.165, 1.54) is 0 Å². The van der Waals surface area contributed by atoms with Crippen molar-refractivity contribution < 1.29 is 4.74 Å². The van der Waals surface area contributed by atoms with Gasteiger partial charge in [0.1, 0.15) is 23.9 Å². The van der Waals surface area contributed by atoms with Crippen molar-refractivity contribution in [1.82, 2.24) is 10.3 Å². The molecule has 1 N–H and O–H groups in total. The lowest BCUT2D eigenvalue weighted by atomic mass is 10.2. The Morgan fingerprint density at radius 2 is 2.11 bits per heavy atom. The summed E-state index contributed by atoms with van der Waals surface area (Å²) in [5.74, 6) is 0.712. The van der Waals surface area contributed by atoms with Gasteiger partial charge in [-0.2, -0.15) is 5.26 Å². The lowest BCUT2D eigenvalue weighted by Crippen LogP contribution is -2.37. The lowest BCUT2D eigenvalue weighted by Gasteiger charge is -2.15. The minimum Gasteiger partial charge on any atom is -0.489 e. The molecule has 1 heterocycles. The Kier molecular flexibility index (Phi) is 4.32. The van der Waals surface area contributed by atoms with Crippen LogP contribution in [0.2, 0.25) is 0 Å². The number of hydrogen-bond acceptors (Lipinski definition) is 4. The molecule has 4 heteroatoms. The molecule has 98 valence electrons. The van der Waals surface area contributed by atoms with Crippen molar-refractivity contribution in [2.24, 2.45) is 0 Å². The maximum Gasteiger partial charge on any atom is 0.145 e. The summed E-state index contributed by atoms with van der Waals surface area (Å²) in [6.07, 6.45) is 1.74. The Hall–Kier alpha value is -2.12. The highest BCUT2D eigenvalue weighted by Crippen LogP contribution is 2.22. The second-order valence-electron chi connectivity index (χ2n) is 4.65. The molecule has 0 radical (unpaired) electrons. The summed E-state index contributed by atoms with van der Waals surface area (Å²) in [7, 11) is 0. The summed E-state index contributed by atoms with van der Waals surface area (Å²) < 4.78 is 5.73.